The second-order valence-corrected chi connectivity index (χ2v) is 3.85. The lowest BCUT2D eigenvalue weighted by Crippen LogP contribution is -2.11. The fraction of sp³-hybridized carbons (Fsp3) is 0.300. The van der Waals surface area contributed by atoms with E-state index < -0.39 is 5.91 Å². The molecule has 0 radical (unpaired) electrons. The molecular weight excluding hydrogens is 260 g/mol. The van der Waals surface area contributed by atoms with Crippen molar-refractivity contribution in [3.63, 3.8) is 0 Å². The van der Waals surface area contributed by atoms with Crippen molar-refractivity contribution in [2.45, 2.75) is 6.42 Å². The van der Waals surface area contributed by atoms with Crippen molar-refractivity contribution in [1.29, 1.82) is 0 Å². The molecule has 0 saturated heterocycles. The highest BCUT2D eigenvalue weighted by atomic mass is 79.9. The van der Waals surface area contributed by atoms with Crippen LogP contribution < -0.4 is 16.2 Å². The molecule has 0 aromatic heterocycles. The highest BCUT2D eigenvalue weighted by molar-refractivity contribution is 9.10. The van der Waals surface area contributed by atoms with Crippen LogP contribution in [0.2, 0.25) is 0 Å². The Labute approximate surface area is 96.7 Å². The zero-order chi connectivity index (χ0) is 11.3. The van der Waals surface area contributed by atoms with E-state index in [-0.39, 0.29) is 0 Å². The SMILES string of the molecule is NCCCOc1ccc(C(N)=O)cc1Br. The lowest BCUT2D eigenvalue weighted by molar-refractivity contribution is 0.1000. The predicted octanol–water partition coefficient (Wildman–Crippen LogP) is 1.28. The number of amides is 1. The molecule has 5 heteroatoms. The number of ether oxygens (including phenoxy) is 1. The van der Waals surface area contributed by atoms with Gasteiger partial charge in [0.15, 0.2) is 0 Å². The van der Waals surface area contributed by atoms with Crippen molar-refractivity contribution in [2.75, 3.05) is 13.2 Å². The molecule has 0 bridgehead atoms. The van der Waals surface area contributed by atoms with E-state index >= 15 is 0 Å². The number of nitrogens with two attached hydrogens (primary N) is 2. The van der Waals surface area contributed by atoms with Gasteiger partial charge in [-0.2, -0.15) is 0 Å². The van der Waals surface area contributed by atoms with Gasteiger partial charge in [0.25, 0.3) is 0 Å². The maximum Gasteiger partial charge on any atom is 0.248 e. The molecule has 1 aromatic rings. The average molecular weight is 273 g/mol. The summed E-state index contributed by atoms with van der Waals surface area (Å²) in [7, 11) is 0. The maximum atomic E-state index is 10.9. The Bertz CT molecular complexity index is 355. The summed E-state index contributed by atoms with van der Waals surface area (Å²) in [5.74, 6) is 0.234. The van der Waals surface area contributed by atoms with Crippen molar-refractivity contribution >= 4 is 21.8 Å². The molecule has 0 spiro atoms. The first kappa shape index (κ1) is 12.0. The van der Waals surface area contributed by atoms with Gasteiger partial charge < -0.3 is 16.2 Å². The first-order valence-corrected chi connectivity index (χ1v) is 5.36. The number of carbonyl (C=O) groups is 1. The van der Waals surface area contributed by atoms with E-state index in [0.29, 0.717) is 24.5 Å². The largest absolute Gasteiger partial charge is 0.492 e. The molecule has 0 aliphatic heterocycles. The fourth-order valence-corrected chi connectivity index (χ4v) is 1.53. The van der Waals surface area contributed by atoms with Gasteiger partial charge in [0, 0.05) is 5.56 Å². The topological polar surface area (TPSA) is 78.3 Å². The van der Waals surface area contributed by atoms with Gasteiger partial charge in [-0.05, 0) is 47.1 Å². The van der Waals surface area contributed by atoms with Crippen LogP contribution in [0.15, 0.2) is 22.7 Å². The molecule has 0 atom stereocenters. The lowest BCUT2D eigenvalue weighted by Gasteiger charge is -2.07. The third kappa shape index (κ3) is 3.53. The second-order valence-electron chi connectivity index (χ2n) is 3.00. The van der Waals surface area contributed by atoms with Crippen LogP contribution >= 0.6 is 15.9 Å². The Balaban J connectivity index is 2.70. The molecule has 1 rings (SSSR count). The smallest absolute Gasteiger partial charge is 0.248 e. The number of hydrogen-bond donors (Lipinski definition) is 2. The van der Waals surface area contributed by atoms with E-state index in [1.165, 1.54) is 0 Å². The fourth-order valence-electron chi connectivity index (χ4n) is 1.04. The minimum Gasteiger partial charge on any atom is -0.492 e. The van der Waals surface area contributed by atoms with Crippen LogP contribution in [0, 0.1) is 0 Å². The predicted molar refractivity (Wildman–Crippen MR) is 61.8 cm³/mol. The van der Waals surface area contributed by atoms with E-state index in [4.69, 9.17) is 16.2 Å². The van der Waals surface area contributed by atoms with Crippen molar-refractivity contribution < 1.29 is 9.53 Å². The highest BCUT2D eigenvalue weighted by Crippen LogP contribution is 2.25. The van der Waals surface area contributed by atoms with Crippen LogP contribution in [-0.2, 0) is 0 Å². The summed E-state index contributed by atoms with van der Waals surface area (Å²) in [5.41, 5.74) is 10.9. The maximum absolute atomic E-state index is 10.9. The van der Waals surface area contributed by atoms with Crippen molar-refractivity contribution in [1.82, 2.24) is 0 Å². The molecule has 0 saturated carbocycles. The Hall–Kier alpha value is -1.07. The molecule has 0 unspecified atom stereocenters. The van der Waals surface area contributed by atoms with Gasteiger partial charge in [-0.25, -0.2) is 0 Å². The third-order valence-electron chi connectivity index (χ3n) is 1.82. The first-order chi connectivity index (χ1) is 7.15. The summed E-state index contributed by atoms with van der Waals surface area (Å²) in [6.07, 6.45) is 0.796. The molecule has 1 aromatic carbocycles. The molecule has 82 valence electrons. The number of carbonyl (C=O) groups excluding carboxylic acids is 1. The van der Waals surface area contributed by atoms with Crippen LogP contribution in [0.25, 0.3) is 0 Å². The monoisotopic (exact) mass is 272 g/mol. The lowest BCUT2D eigenvalue weighted by atomic mass is 10.2. The van der Waals surface area contributed by atoms with Crippen LogP contribution in [-0.4, -0.2) is 19.1 Å². The number of benzene rings is 1. The van der Waals surface area contributed by atoms with Crippen LogP contribution in [0.3, 0.4) is 0 Å². The van der Waals surface area contributed by atoms with E-state index in [1.807, 2.05) is 0 Å². The van der Waals surface area contributed by atoms with Gasteiger partial charge in [0.1, 0.15) is 5.75 Å². The van der Waals surface area contributed by atoms with E-state index in [2.05, 4.69) is 15.9 Å². The molecule has 15 heavy (non-hydrogen) atoms. The summed E-state index contributed by atoms with van der Waals surface area (Å²) in [6.45, 7) is 1.15. The Kier molecular flexibility index (Phi) is 4.58. The highest BCUT2D eigenvalue weighted by Gasteiger charge is 2.05. The number of rotatable bonds is 5. The Morgan fingerprint density at radius 2 is 2.20 bits per heavy atom. The normalized spacial score (nSPS) is 10.0. The Morgan fingerprint density at radius 3 is 2.73 bits per heavy atom. The average Bonchev–Trinajstić information content (AvgIpc) is 2.20. The summed E-state index contributed by atoms with van der Waals surface area (Å²) in [4.78, 5) is 10.9. The van der Waals surface area contributed by atoms with Crippen molar-refractivity contribution in [3.05, 3.63) is 28.2 Å². The molecule has 0 fully saturated rings. The van der Waals surface area contributed by atoms with Gasteiger partial charge in [-0.1, -0.05) is 0 Å². The summed E-state index contributed by atoms with van der Waals surface area (Å²) < 4.78 is 6.15. The third-order valence-corrected chi connectivity index (χ3v) is 2.44. The number of hydrogen-bond acceptors (Lipinski definition) is 3. The second kappa shape index (κ2) is 5.72. The molecule has 4 nitrogen and oxygen atoms in total. The van der Waals surface area contributed by atoms with E-state index in [9.17, 15) is 4.79 Å². The quantitative estimate of drug-likeness (QED) is 0.793. The molecule has 4 N–H and O–H groups in total. The summed E-state index contributed by atoms with van der Waals surface area (Å²) >= 11 is 3.30. The first-order valence-electron chi connectivity index (χ1n) is 4.57. The van der Waals surface area contributed by atoms with Gasteiger partial charge in [0.2, 0.25) is 5.91 Å². The summed E-state index contributed by atoms with van der Waals surface area (Å²) in [6, 6.07) is 4.98. The van der Waals surface area contributed by atoms with Crippen LogP contribution in [0.1, 0.15) is 16.8 Å². The van der Waals surface area contributed by atoms with Gasteiger partial charge in [-0.15, -0.1) is 0 Å². The molecule has 1 amide bonds. The van der Waals surface area contributed by atoms with Gasteiger partial charge >= 0.3 is 0 Å². The molecular formula is C10H13BrN2O2. The van der Waals surface area contributed by atoms with Crippen molar-refractivity contribution in [2.24, 2.45) is 11.5 Å². The van der Waals surface area contributed by atoms with Crippen molar-refractivity contribution in [3.8, 4) is 5.75 Å². The minimum absolute atomic E-state index is 0.452. The Morgan fingerprint density at radius 1 is 1.47 bits per heavy atom. The standard InChI is InChI=1S/C10H13BrN2O2/c11-8-6-7(10(13)14)2-3-9(8)15-5-1-4-12/h2-3,6H,1,4-5,12H2,(H2,13,14). The molecule has 0 aliphatic carbocycles. The summed E-state index contributed by atoms with van der Waals surface area (Å²) in [5, 5.41) is 0. The van der Waals surface area contributed by atoms with E-state index in [0.717, 1.165) is 10.9 Å². The van der Waals surface area contributed by atoms with Gasteiger partial charge in [-0.3, -0.25) is 4.79 Å². The van der Waals surface area contributed by atoms with Crippen LogP contribution in [0.5, 0.6) is 5.75 Å². The van der Waals surface area contributed by atoms with E-state index in [1.54, 1.807) is 18.2 Å². The molecule has 0 heterocycles. The zero-order valence-corrected chi connectivity index (χ0v) is 9.79. The van der Waals surface area contributed by atoms with Crippen LogP contribution in [0.4, 0.5) is 0 Å². The zero-order valence-electron chi connectivity index (χ0n) is 8.20. The van der Waals surface area contributed by atoms with Gasteiger partial charge in [0.05, 0.1) is 11.1 Å². The number of halogens is 1. The number of primary amides is 1. The molecule has 0 aliphatic rings. The minimum atomic E-state index is -0.454.